The lowest BCUT2D eigenvalue weighted by atomic mass is 9.74. The highest BCUT2D eigenvalue weighted by atomic mass is 15.2. The highest BCUT2D eigenvalue weighted by molar-refractivity contribution is 4.97. The zero-order valence-electron chi connectivity index (χ0n) is 13.9. The van der Waals surface area contributed by atoms with E-state index in [0.717, 1.165) is 18.5 Å². The number of nitrogens with two attached hydrogens (primary N) is 1. The quantitative estimate of drug-likeness (QED) is 0.841. The van der Waals surface area contributed by atoms with Crippen molar-refractivity contribution in [1.29, 1.82) is 0 Å². The summed E-state index contributed by atoms with van der Waals surface area (Å²) in [5.74, 6) is 0.949. The van der Waals surface area contributed by atoms with Crippen LogP contribution in [0.25, 0.3) is 0 Å². The van der Waals surface area contributed by atoms with Crippen LogP contribution >= 0.6 is 0 Å². The molecule has 0 bridgehead atoms. The molecule has 3 heteroatoms. The van der Waals surface area contributed by atoms with Gasteiger partial charge in [-0.25, -0.2) is 0 Å². The van der Waals surface area contributed by atoms with Crippen molar-refractivity contribution in [3.8, 4) is 0 Å². The second-order valence-corrected chi connectivity index (χ2v) is 7.06. The maximum atomic E-state index is 6.23. The van der Waals surface area contributed by atoms with E-state index in [0.29, 0.717) is 5.54 Å². The topological polar surface area (TPSA) is 32.5 Å². The summed E-state index contributed by atoms with van der Waals surface area (Å²) in [7, 11) is 2.35. The van der Waals surface area contributed by atoms with Crippen LogP contribution in [0.5, 0.6) is 0 Å². The lowest BCUT2D eigenvalue weighted by Gasteiger charge is -2.50. The summed E-state index contributed by atoms with van der Waals surface area (Å²) in [4.78, 5) is 5.26. The molecule has 0 atom stereocenters. The number of nitrogens with zero attached hydrogens (tertiary/aromatic N) is 2. The average molecular weight is 281 g/mol. The minimum absolute atomic E-state index is 0.296. The first-order valence-electron chi connectivity index (χ1n) is 8.80. The molecule has 2 rings (SSSR count). The van der Waals surface area contributed by atoms with E-state index in [1.807, 2.05) is 0 Å². The van der Waals surface area contributed by atoms with Crippen molar-refractivity contribution in [2.75, 3.05) is 33.2 Å². The van der Waals surface area contributed by atoms with Crippen molar-refractivity contribution in [2.45, 2.75) is 70.4 Å². The molecule has 1 saturated carbocycles. The first kappa shape index (κ1) is 16.3. The van der Waals surface area contributed by atoms with E-state index in [4.69, 9.17) is 5.73 Å². The van der Waals surface area contributed by atoms with Gasteiger partial charge in [-0.1, -0.05) is 20.3 Å². The summed E-state index contributed by atoms with van der Waals surface area (Å²) in [5.41, 5.74) is 6.53. The minimum atomic E-state index is 0.296. The van der Waals surface area contributed by atoms with Gasteiger partial charge in [0.05, 0.1) is 0 Å². The Balaban J connectivity index is 1.94. The standard InChI is InChI=1S/C17H35N3/c1-4-15-6-10-17(14-18,11-7-15)19(3)16-8-12-20(5-2)13-9-16/h15-16H,4-14,18H2,1-3H3. The molecule has 0 radical (unpaired) electrons. The van der Waals surface area contributed by atoms with Crippen molar-refractivity contribution < 1.29 is 0 Å². The Kier molecular flexibility index (Phi) is 5.88. The molecule has 2 fully saturated rings. The largest absolute Gasteiger partial charge is 0.329 e. The van der Waals surface area contributed by atoms with E-state index in [9.17, 15) is 0 Å². The fourth-order valence-corrected chi connectivity index (χ4v) is 4.33. The van der Waals surface area contributed by atoms with E-state index >= 15 is 0 Å². The van der Waals surface area contributed by atoms with Crippen LogP contribution in [-0.4, -0.2) is 54.6 Å². The number of likely N-dealkylation sites (tertiary alicyclic amines) is 1. The van der Waals surface area contributed by atoms with Gasteiger partial charge >= 0.3 is 0 Å². The first-order valence-corrected chi connectivity index (χ1v) is 8.80. The Labute approximate surface area is 125 Å². The summed E-state index contributed by atoms with van der Waals surface area (Å²) < 4.78 is 0. The van der Waals surface area contributed by atoms with Gasteiger partial charge in [0, 0.05) is 18.1 Å². The molecule has 1 saturated heterocycles. The number of rotatable bonds is 5. The van der Waals surface area contributed by atoms with Crippen LogP contribution in [0, 0.1) is 5.92 Å². The second-order valence-electron chi connectivity index (χ2n) is 7.06. The summed E-state index contributed by atoms with van der Waals surface area (Å²) in [5, 5.41) is 0. The Morgan fingerprint density at radius 1 is 1.10 bits per heavy atom. The van der Waals surface area contributed by atoms with Crippen LogP contribution in [0.15, 0.2) is 0 Å². The normalized spacial score (nSPS) is 33.8. The second kappa shape index (κ2) is 7.24. The van der Waals surface area contributed by atoms with Gasteiger partial charge in [-0.3, -0.25) is 4.90 Å². The van der Waals surface area contributed by atoms with Crippen molar-refractivity contribution in [3.63, 3.8) is 0 Å². The Morgan fingerprint density at radius 2 is 1.70 bits per heavy atom. The van der Waals surface area contributed by atoms with E-state index in [1.165, 1.54) is 64.6 Å². The van der Waals surface area contributed by atoms with Gasteiger partial charge in [-0.15, -0.1) is 0 Å². The molecule has 0 aromatic carbocycles. The summed E-state index contributed by atoms with van der Waals surface area (Å²) in [6.07, 6.45) is 9.38. The van der Waals surface area contributed by atoms with Crippen molar-refractivity contribution in [1.82, 2.24) is 9.80 Å². The number of hydrogen-bond acceptors (Lipinski definition) is 3. The summed E-state index contributed by atoms with van der Waals surface area (Å²) >= 11 is 0. The van der Waals surface area contributed by atoms with Crippen LogP contribution in [0.1, 0.15) is 58.8 Å². The Hall–Kier alpha value is -0.120. The Morgan fingerprint density at radius 3 is 2.15 bits per heavy atom. The van der Waals surface area contributed by atoms with Gasteiger partial charge in [0.1, 0.15) is 0 Å². The van der Waals surface area contributed by atoms with Gasteiger partial charge in [0.2, 0.25) is 0 Å². The number of likely N-dealkylation sites (N-methyl/N-ethyl adjacent to an activating group) is 1. The molecule has 0 amide bonds. The fourth-order valence-electron chi connectivity index (χ4n) is 4.33. The lowest BCUT2D eigenvalue weighted by Crippen LogP contribution is -2.59. The minimum Gasteiger partial charge on any atom is -0.329 e. The number of piperidine rings is 1. The zero-order valence-corrected chi connectivity index (χ0v) is 13.9. The van der Waals surface area contributed by atoms with E-state index in [1.54, 1.807) is 0 Å². The van der Waals surface area contributed by atoms with Gasteiger partial charge in [0.15, 0.2) is 0 Å². The molecule has 1 aliphatic carbocycles. The molecule has 0 unspecified atom stereocenters. The molecular weight excluding hydrogens is 246 g/mol. The predicted molar refractivity (Wildman–Crippen MR) is 86.9 cm³/mol. The van der Waals surface area contributed by atoms with E-state index in [2.05, 4.69) is 30.7 Å². The molecule has 20 heavy (non-hydrogen) atoms. The maximum absolute atomic E-state index is 6.23. The van der Waals surface area contributed by atoms with Crippen LogP contribution < -0.4 is 5.73 Å². The van der Waals surface area contributed by atoms with Crippen LogP contribution in [0.3, 0.4) is 0 Å². The van der Waals surface area contributed by atoms with Crippen molar-refractivity contribution in [3.05, 3.63) is 0 Å². The highest BCUT2D eigenvalue weighted by Gasteiger charge is 2.40. The third-order valence-corrected chi connectivity index (χ3v) is 6.29. The van der Waals surface area contributed by atoms with Crippen LogP contribution in [-0.2, 0) is 0 Å². The number of hydrogen-bond donors (Lipinski definition) is 1. The molecule has 0 aromatic rings. The molecule has 3 nitrogen and oxygen atoms in total. The SMILES string of the molecule is CCC1CCC(CN)(N(C)C2CCN(CC)CC2)CC1. The first-order chi connectivity index (χ1) is 9.65. The van der Waals surface area contributed by atoms with E-state index in [-0.39, 0.29) is 0 Å². The smallest absolute Gasteiger partial charge is 0.0331 e. The van der Waals surface area contributed by atoms with Gasteiger partial charge in [-0.05, 0) is 71.1 Å². The lowest BCUT2D eigenvalue weighted by molar-refractivity contribution is 0.00606. The van der Waals surface area contributed by atoms with Crippen LogP contribution in [0.2, 0.25) is 0 Å². The predicted octanol–water partition coefficient (Wildman–Crippen LogP) is 2.70. The maximum Gasteiger partial charge on any atom is 0.0331 e. The molecule has 1 heterocycles. The average Bonchev–Trinajstić information content (AvgIpc) is 2.54. The summed E-state index contributed by atoms with van der Waals surface area (Å²) in [6.45, 7) is 9.19. The van der Waals surface area contributed by atoms with Crippen LogP contribution in [0.4, 0.5) is 0 Å². The highest BCUT2D eigenvalue weighted by Crippen LogP contribution is 2.38. The molecule has 2 aliphatic rings. The van der Waals surface area contributed by atoms with Crippen molar-refractivity contribution in [2.24, 2.45) is 11.7 Å². The third-order valence-electron chi connectivity index (χ3n) is 6.29. The molecule has 118 valence electrons. The van der Waals surface area contributed by atoms with Gasteiger partial charge < -0.3 is 10.6 Å². The van der Waals surface area contributed by atoms with Gasteiger partial charge in [-0.2, -0.15) is 0 Å². The van der Waals surface area contributed by atoms with Gasteiger partial charge in [0.25, 0.3) is 0 Å². The molecule has 1 aliphatic heterocycles. The molecule has 0 spiro atoms. The third kappa shape index (κ3) is 3.37. The zero-order chi connectivity index (χ0) is 14.6. The van der Waals surface area contributed by atoms with E-state index < -0.39 is 0 Å². The van der Waals surface area contributed by atoms with Crippen molar-refractivity contribution >= 4 is 0 Å². The Bertz CT molecular complexity index is 276. The summed E-state index contributed by atoms with van der Waals surface area (Å²) in [6, 6.07) is 0.750. The molecule has 0 aromatic heterocycles. The molecular formula is C17H35N3. The molecule has 2 N–H and O–H groups in total. The fraction of sp³-hybridized carbons (Fsp3) is 1.00. The monoisotopic (exact) mass is 281 g/mol.